The molecule has 0 radical (unpaired) electrons. The molecule has 0 rings (SSSR count). The van der Waals surface area contributed by atoms with E-state index in [0.29, 0.717) is 13.2 Å². The van der Waals surface area contributed by atoms with Crippen molar-refractivity contribution in [2.75, 3.05) is 36.2 Å². The Morgan fingerprint density at radius 2 is 0.737 bits per heavy atom. The number of esters is 2. The van der Waals surface area contributed by atoms with Crippen LogP contribution in [0.15, 0.2) is 12.2 Å². The second-order valence-electron chi connectivity index (χ2n) is 10.3. The van der Waals surface area contributed by atoms with Gasteiger partial charge in [0.25, 0.3) is 0 Å². The van der Waals surface area contributed by atoms with E-state index < -0.39 is 11.9 Å². The predicted octanol–water partition coefficient (Wildman–Crippen LogP) is 9.94. The van der Waals surface area contributed by atoms with Crippen molar-refractivity contribution >= 4 is 35.5 Å². The molecule has 0 saturated heterocycles. The van der Waals surface area contributed by atoms with Gasteiger partial charge in [0.05, 0.1) is 0 Å². The number of thioether (sulfide) groups is 2. The minimum Gasteiger partial charge on any atom is -0.462 e. The lowest BCUT2D eigenvalue weighted by molar-refractivity contribution is -0.139. The fourth-order valence-electron chi connectivity index (χ4n) is 4.22. The van der Waals surface area contributed by atoms with Gasteiger partial charge in [0.15, 0.2) is 0 Å². The largest absolute Gasteiger partial charge is 0.462 e. The number of carbonyl (C=O) groups excluding carboxylic acids is 2. The van der Waals surface area contributed by atoms with Gasteiger partial charge in [-0.2, -0.15) is 23.5 Å². The second kappa shape index (κ2) is 32.6. The molecule has 0 aromatic carbocycles. The van der Waals surface area contributed by atoms with Gasteiger partial charge in [0.2, 0.25) is 0 Å². The van der Waals surface area contributed by atoms with Crippen molar-refractivity contribution in [2.24, 2.45) is 0 Å². The molecule has 0 aromatic rings. The SMILES string of the molecule is CCCCCCCCCCCCSCCOC(=O)C=CC(=O)OCCSCCCCCCCCCCCC. The van der Waals surface area contributed by atoms with E-state index in [1.165, 1.54) is 141 Å². The molecule has 0 aliphatic heterocycles. The van der Waals surface area contributed by atoms with Crippen LogP contribution >= 0.6 is 23.5 Å². The Balaban J connectivity index is 3.35. The molecule has 0 saturated carbocycles. The summed E-state index contributed by atoms with van der Waals surface area (Å²) in [5.74, 6) is 2.89. The Labute approximate surface area is 244 Å². The van der Waals surface area contributed by atoms with E-state index in [1.807, 2.05) is 23.5 Å². The molecule has 0 unspecified atom stereocenters. The number of carbonyl (C=O) groups is 2. The van der Waals surface area contributed by atoms with Crippen LogP contribution in [-0.4, -0.2) is 48.2 Å². The highest BCUT2D eigenvalue weighted by atomic mass is 32.2. The van der Waals surface area contributed by atoms with Crippen molar-refractivity contribution in [3.63, 3.8) is 0 Å². The summed E-state index contributed by atoms with van der Waals surface area (Å²) in [5.41, 5.74) is 0. The third-order valence-electron chi connectivity index (χ3n) is 6.58. The third-order valence-corrected chi connectivity index (χ3v) is 8.65. The van der Waals surface area contributed by atoms with Gasteiger partial charge in [0, 0.05) is 23.7 Å². The summed E-state index contributed by atoms with van der Waals surface area (Å²) in [6.07, 6.45) is 29.4. The molecule has 0 atom stereocenters. The molecular weight excluding hydrogens is 512 g/mol. The van der Waals surface area contributed by atoms with Crippen LogP contribution in [0, 0.1) is 0 Å². The molecular formula is C32H60O4S2. The Morgan fingerprint density at radius 1 is 0.447 bits per heavy atom. The van der Waals surface area contributed by atoms with E-state index in [-0.39, 0.29) is 0 Å². The molecule has 0 aromatic heterocycles. The fourth-order valence-corrected chi connectivity index (χ4v) is 5.85. The Hall–Kier alpha value is -0.620. The molecule has 0 fully saturated rings. The lowest BCUT2D eigenvalue weighted by atomic mass is 10.1. The van der Waals surface area contributed by atoms with E-state index in [4.69, 9.17) is 9.47 Å². The van der Waals surface area contributed by atoms with Gasteiger partial charge in [-0.05, 0) is 24.3 Å². The van der Waals surface area contributed by atoms with Crippen molar-refractivity contribution in [2.45, 2.75) is 142 Å². The minimum atomic E-state index is -0.475. The molecule has 0 bridgehead atoms. The Bertz CT molecular complexity index is 494. The van der Waals surface area contributed by atoms with E-state index in [2.05, 4.69) is 13.8 Å². The van der Waals surface area contributed by atoms with Gasteiger partial charge in [-0.3, -0.25) is 0 Å². The van der Waals surface area contributed by atoms with Crippen molar-refractivity contribution in [1.29, 1.82) is 0 Å². The molecule has 0 spiro atoms. The van der Waals surface area contributed by atoms with Crippen molar-refractivity contribution in [3.05, 3.63) is 12.2 Å². The zero-order valence-corrected chi connectivity index (χ0v) is 26.6. The first-order valence-electron chi connectivity index (χ1n) is 15.9. The lowest BCUT2D eigenvalue weighted by Gasteiger charge is -2.04. The van der Waals surface area contributed by atoms with Crippen LogP contribution in [0.5, 0.6) is 0 Å². The highest BCUT2D eigenvalue weighted by molar-refractivity contribution is 7.99. The molecule has 38 heavy (non-hydrogen) atoms. The predicted molar refractivity (Wildman–Crippen MR) is 169 cm³/mol. The number of ether oxygens (including phenoxy) is 2. The first-order chi connectivity index (χ1) is 18.7. The van der Waals surface area contributed by atoms with Gasteiger partial charge in [-0.1, -0.05) is 129 Å². The maximum absolute atomic E-state index is 11.7. The first kappa shape index (κ1) is 37.4. The topological polar surface area (TPSA) is 52.6 Å². The van der Waals surface area contributed by atoms with Crippen LogP contribution in [0.3, 0.4) is 0 Å². The van der Waals surface area contributed by atoms with Crippen LogP contribution < -0.4 is 0 Å². The molecule has 4 nitrogen and oxygen atoms in total. The average Bonchev–Trinajstić information content (AvgIpc) is 2.92. The minimum absolute atomic E-state index is 0.385. The third kappa shape index (κ3) is 31.6. The van der Waals surface area contributed by atoms with Gasteiger partial charge < -0.3 is 9.47 Å². The Morgan fingerprint density at radius 3 is 1.05 bits per heavy atom. The summed E-state index contributed by atoms with van der Waals surface area (Å²) in [6.45, 7) is 5.30. The van der Waals surface area contributed by atoms with Crippen molar-refractivity contribution in [3.8, 4) is 0 Å². The zero-order chi connectivity index (χ0) is 27.8. The molecule has 0 aliphatic rings. The maximum atomic E-state index is 11.7. The summed E-state index contributed by atoms with van der Waals surface area (Å²) >= 11 is 3.66. The van der Waals surface area contributed by atoms with Gasteiger partial charge in [-0.25, -0.2) is 9.59 Å². The van der Waals surface area contributed by atoms with Gasteiger partial charge >= 0.3 is 11.9 Å². The summed E-state index contributed by atoms with van der Waals surface area (Å²) < 4.78 is 10.3. The first-order valence-corrected chi connectivity index (χ1v) is 18.2. The second-order valence-corrected chi connectivity index (χ2v) is 12.7. The molecule has 6 heteroatoms. The van der Waals surface area contributed by atoms with E-state index in [1.54, 1.807) is 0 Å². The smallest absolute Gasteiger partial charge is 0.331 e. The highest BCUT2D eigenvalue weighted by Gasteiger charge is 2.02. The summed E-state index contributed by atoms with van der Waals surface area (Å²) in [7, 11) is 0. The molecule has 0 aliphatic carbocycles. The van der Waals surface area contributed by atoms with E-state index in [0.717, 1.165) is 23.0 Å². The van der Waals surface area contributed by atoms with Gasteiger partial charge in [0.1, 0.15) is 13.2 Å². The number of hydrogen-bond acceptors (Lipinski definition) is 6. The van der Waals surface area contributed by atoms with Crippen LogP contribution in [0.2, 0.25) is 0 Å². The zero-order valence-electron chi connectivity index (χ0n) is 25.0. The summed E-state index contributed by atoms with van der Waals surface area (Å²) in [4.78, 5) is 23.5. The molecule has 224 valence electrons. The quantitative estimate of drug-likeness (QED) is 0.0485. The summed E-state index contributed by atoms with van der Waals surface area (Å²) in [6, 6.07) is 0. The van der Waals surface area contributed by atoms with Crippen LogP contribution in [0.4, 0.5) is 0 Å². The molecule has 0 heterocycles. The normalized spacial score (nSPS) is 11.3. The maximum Gasteiger partial charge on any atom is 0.331 e. The fraction of sp³-hybridized carbons (Fsp3) is 0.875. The molecule has 0 N–H and O–H groups in total. The average molecular weight is 573 g/mol. The monoisotopic (exact) mass is 572 g/mol. The van der Waals surface area contributed by atoms with E-state index in [9.17, 15) is 9.59 Å². The Kier molecular flexibility index (Phi) is 32.1. The van der Waals surface area contributed by atoms with Crippen molar-refractivity contribution in [1.82, 2.24) is 0 Å². The lowest BCUT2D eigenvalue weighted by Crippen LogP contribution is -2.08. The van der Waals surface area contributed by atoms with Crippen molar-refractivity contribution < 1.29 is 19.1 Å². The number of rotatable bonds is 30. The standard InChI is InChI=1S/C32H60O4S2/c1-3-5-7-9-11-13-15-17-19-21-27-37-29-25-35-31(33)23-24-32(34)36-26-30-38-28-22-20-18-16-14-12-10-8-6-4-2/h23-24H,3-22,25-30H2,1-2H3. The summed E-state index contributed by atoms with van der Waals surface area (Å²) in [5, 5.41) is 0. The van der Waals surface area contributed by atoms with E-state index >= 15 is 0 Å². The molecule has 0 amide bonds. The van der Waals surface area contributed by atoms with Crippen LogP contribution in [-0.2, 0) is 19.1 Å². The van der Waals surface area contributed by atoms with Crippen LogP contribution in [0.25, 0.3) is 0 Å². The number of unbranched alkanes of at least 4 members (excludes halogenated alkanes) is 18. The number of hydrogen-bond donors (Lipinski definition) is 0. The highest BCUT2D eigenvalue weighted by Crippen LogP contribution is 2.13. The van der Waals surface area contributed by atoms with Gasteiger partial charge in [-0.15, -0.1) is 0 Å². The van der Waals surface area contributed by atoms with Crippen LogP contribution in [0.1, 0.15) is 142 Å².